The van der Waals surface area contributed by atoms with Crippen LogP contribution in [0.5, 0.6) is 0 Å². The summed E-state index contributed by atoms with van der Waals surface area (Å²) < 4.78 is 0. The smallest absolute Gasteiger partial charge is 0.226 e. The van der Waals surface area contributed by atoms with Gasteiger partial charge in [0, 0.05) is 6.54 Å². The van der Waals surface area contributed by atoms with Crippen molar-refractivity contribution < 1.29 is 4.79 Å². The first-order valence-corrected chi connectivity index (χ1v) is 6.29. The quantitative estimate of drug-likeness (QED) is 0.730. The van der Waals surface area contributed by atoms with Crippen LogP contribution in [-0.4, -0.2) is 19.0 Å². The zero-order valence-corrected chi connectivity index (χ0v) is 10.1. The first-order chi connectivity index (χ1) is 8.27. The zero-order valence-electron chi connectivity index (χ0n) is 10.1. The summed E-state index contributed by atoms with van der Waals surface area (Å²) in [5.41, 5.74) is 6.53. The van der Waals surface area contributed by atoms with E-state index in [4.69, 9.17) is 5.73 Å². The Balaban J connectivity index is 1.89. The van der Waals surface area contributed by atoms with Crippen molar-refractivity contribution in [3.8, 4) is 0 Å². The molecule has 0 spiro atoms. The number of rotatable bonds is 6. The minimum atomic E-state index is -0.129. The van der Waals surface area contributed by atoms with Gasteiger partial charge in [-0.25, -0.2) is 0 Å². The van der Waals surface area contributed by atoms with Gasteiger partial charge in [0.05, 0.1) is 5.41 Å². The molecule has 0 unspecified atom stereocenters. The van der Waals surface area contributed by atoms with Crippen LogP contribution in [0.4, 0.5) is 0 Å². The van der Waals surface area contributed by atoms with Crippen LogP contribution in [-0.2, 0) is 11.2 Å². The van der Waals surface area contributed by atoms with E-state index in [9.17, 15) is 4.79 Å². The number of carbonyl (C=O) groups is 1. The van der Waals surface area contributed by atoms with Crippen molar-refractivity contribution >= 4 is 5.91 Å². The van der Waals surface area contributed by atoms with Crippen molar-refractivity contribution in [2.45, 2.75) is 25.7 Å². The maximum atomic E-state index is 12.1. The highest BCUT2D eigenvalue weighted by atomic mass is 16.2. The summed E-state index contributed by atoms with van der Waals surface area (Å²) in [5, 5.41) is 2.99. The minimum Gasteiger partial charge on any atom is -0.356 e. The van der Waals surface area contributed by atoms with E-state index in [0.29, 0.717) is 13.1 Å². The molecular formula is C14H20N2O. The molecule has 1 saturated carbocycles. The average molecular weight is 232 g/mol. The van der Waals surface area contributed by atoms with E-state index in [0.717, 1.165) is 25.7 Å². The minimum absolute atomic E-state index is 0.129. The highest BCUT2D eigenvalue weighted by molar-refractivity contribution is 5.85. The van der Waals surface area contributed by atoms with Gasteiger partial charge >= 0.3 is 0 Å². The van der Waals surface area contributed by atoms with Crippen LogP contribution in [0.1, 0.15) is 24.8 Å². The van der Waals surface area contributed by atoms with Gasteiger partial charge in [0.15, 0.2) is 0 Å². The molecule has 1 fully saturated rings. The predicted molar refractivity (Wildman–Crippen MR) is 68.5 cm³/mol. The predicted octanol–water partition coefficient (Wildman–Crippen LogP) is 1.47. The molecular weight excluding hydrogens is 212 g/mol. The molecule has 2 rings (SSSR count). The largest absolute Gasteiger partial charge is 0.356 e. The van der Waals surface area contributed by atoms with Gasteiger partial charge in [-0.2, -0.15) is 0 Å². The summed E-state index contributed by atoms with van der Waals surface area (Å²) in [6.07, 6.45) is 3.74. The van der Waals surface area contributed by atoms with Gasteiger partial charge in [0.1, 0.15) is 0 Å². The summed E-state index contributed by atoms with van der Waals surface area (Å²) in [6.45, 7) is 1.33. The van der Waals surface area contributed by atoms with Gasteiger partial charge in [-0.1, -0.05) is 30.3 Å². The maximum Gasteiger partial charge on any atom is 0.226 e. The highest BCUT2D eigenvalue weighted by Crippen LogP contribution is 2.48. The fourth-order valence-corrected chi connectivity index (χ4v) is 2.11. The van der Waals surface area contributed by atoms with Crippen LogP contribution < -0.4 is 11.1 Å². The number of carbonyl (C=O) groups excluding carboxylic acids is 1. The van der Waals surface area contributed by atoms with Crippen molar-refractivity contribution in [2.24, 2.45) is 11.1 Å². The fourth-order valence-electron chi connectivity index (χ4n) is 2.11. The summed E-state index contributed by atoms with van der Waals surface area (Å²) in [4.78, 5) is 12.1. The molecule has 3 nitrogen and oxygen atoms in total. The molecule has 1 amide bonds. The van der Waals surface area contributed by atoms with E-state index in [1.807, 2.05) is 18.2 Å². The number of hydrogen-bond acceptors (Lipinski definition) is 2. The monoisotopic (exact) mass is 232 g/mol. The lowest BCUT2D eigenvalue weighted by atomic mass is 9.95. The molecule has 0 atom stereocenters. The fraction of sp³-hybridized carbons (Fsp3) is 0.500. The molecule has 92 valence electrons. The summed E-state index contributed by atoms with van der Waals surface area (Å²) in [6, 6.07) is 10.2. The van der Waals surface area contributed by atoms with E-state index in [-0.39, 0.29) is 11.3 Å². The molecule has 17 heavy (non-hydrogen) atoms. The van der Waals surface area contributed by atoms with Crippen LogP contribution in [0.15, 0.2) is 30.3 Å². The Morgan fingerprint density at radius 1 is 1.29 bits per heavy atom. The van der Waals surface area contributed by atoms with Gasteiger partial charge in [-0.3, -0.25) is 4.79 Å². The molecule has 0 saturated heterocycles. The van der Waals surface area contributed by atoms with E-state index in [1.54, 1.807) is 0 Å². The molecule has 1 aliphatic rings. The summed E-state index contributed by atoms with van der Waals surface area (Å²) >= 11 is 0. The van der Waals surface area contributed by atoms with Crippen molar-refractivity contribution in [1.82, 2.24) is 5.32 Å². The Morgan fingerprint density at radius 2 is 2.00 bits per heavy atom. The molecule has 0 heterocycles. The third-order valence-corrected chi connectivity index (χ3v) is 3.39. The lowest BCUT2D eigenvalue weighted by Gasteiger charge is -2.15. The van der Waals surface area contributed by atoms with Gasteiger partial charge in [0.2, 0.25) is 5.91 Å². The third kappa shape index (κ3) is 3.07. The standard InChI is InChI=1S/C14H20N2O/c15-9-4-10-16-13(17)14(7-8-14)11-12-5-2-1-3-6-12/h1-3,5-6H,4,7-11,15H2,(H,16,17). The Hall–Kier alpha value is -1.35. The Labute approximate surface area is 102 Å². The second kappa shape index (κ2) is 5.32. The lowest BCUT2D eigenvalue weighted by Crippen LogP contribution is -2.34. The normalized spacial score (nSPS) is 16.5. The van der Waals surface area contributed by atoms with Gasteiger partial charge < -0.3 is 11.1 Å². The summed E-state index contributed by atoms with van der Waals surface area (Å²) in [5.74, 6) is 0.204. The van der Waals surface area contributed by atoms with Gasteiger partial charge in [-0.15, -0.1) is 0 Å². The molecule has 0 bridgehead atoms. The van der Waals surface area contributed by atoms with Crippen molar-refractivity contribution in [2.75, 3.05) is 13.1 Å². The lowest BCUT2D eigenvalue weighted by molar-refractivity contribution is -0.126. The van der Waals surface area contributed by atoms with E-state index >= 15 is 0 Å². The average Bonchev–Trinajstić information content (AvgIpc) is 3.12. The highest BCUT2D eigenvalue weighted by Gasteiger charge is 2.49. The molecule has 1 aromatic rings. The Morgan fingerprint density at radius 3 is 2.59 bits per heavy atom. The SMILES string of the molecule is NCCCNC(=O)C1(Cc2ccccc2)CC1. The van der Waals surface area contributed by atoms with Gasteiger partial charge in [-0.05, 0) is 37.8 Å². The van der Waals surface area contributed by atoms with E-state index in [1.165, 1.54) is 5.56 Å². The second-order valence-corrected chi connectivity index (χ2v) is 4.84. The molecule has 0 aliphatic heterocycles. The van der Waals surface area contributed by atoms with Crippen LogP contribution in [0, 0.1) is 5.41 Å². The first kappa shape index (κ1) is 12.1. The molecule has 0 aromatic heterocycles. The molecule has 3 heteroatoms. The van der Waals surface area contributed by atoms with Crippen LogP contribution >= 0.6 is 0 Å². The molecule has 1 aliphatic carbocycles. The number of hydrogen-bond donors (Lipinski definition) is 2. The zero-order chi connectivity index (χ0) is 12.1. The number of amides is 1. The van der Waals surface area contributed by atoms with Crippen molar-refractivity contribution in [3.05, 3.63) is 35.9 Å². The maximum absolute atomic E-state index is 12.1. The molecule has 3 N–H and O–H groups in total. The van der Waals surface area contributed by atoms with Crippen LogP contribution in [0.2, 0.25) is 0 Å². The number of benzene rings is 1. The van der Waals surface area contributed by atoms with Crippen LogP contribution in [0.3, 0.4) is 0 Å². The topological polar surface area (TPSA) is 55.1 Å². The number of nitrogens with two attached hydrogens (primary N) is 1. The third-order valence-electron chi connectivity index (χ3n) is 3.39. The van der Waals surface area contributed by atoms with Crippen molar-refractivity contribution in [3.63, 3.8) is 0 Å². The first-order valence-electron chi connectivity index (χ1n) is 6.29. The molecule has 0 radical (unpaired) electrons. The Kier molecular flexibility index (Phi) is 3.79. The van der Waals surface area contributed by atoms with Crippen LogP contribution in [0.25, 0.3) is 0 Å². The summed E-state index contributed by atoms with van der Waals surface area (Å²) in [7, 11) is 0. The van der Waals surface area contributed by atoms with E-state index in [2.05, 4.69) is 17.4 Å². The Bertz CT molecular complexity index is 371. The number of nitrogens with one attached hydrogen (secondary N) is 1. The molecule has 1 aromatic carbocycles. The van der Waals surface area contributed by atoms with Gasteiger partial charge in [0.25, 0.3) is 0 Å². The van der Waals surface area contributed by atoms with E-state index < -0.39 is 0 Å². The van der Waals surface area contributed by atoms with Crippen molar-refractivity contribution in [1.29, 1.82) is 0 Å². The second-order valence-electron chi connectivity index (χ2n) is 4.84.